The Morgan fingerprint density at radius 2 is 0.897 bits per heavy atom. The summed E-state index contributed by atoms with van der Waals surface area (Å²) >= 11 is 0. The maximum absolute atomic E-state index is 4.33. The van der Waals surface area contributed by atoms with E-state index >= 15 is 0 Å². The van der Waals surface area contributed by atoms with Gasteiger partial charge in [-0.15, -0.1) is 0 Å². The van der Waals surface area contributed by atoms with Crippen LogP contribution < -0.4 is 0 Å². The second kappa shape index (κ2) is 9.70. The number of hydrogen-bond donors (Lipinski definition) is 0. The Labute approximate surface area is 228 Å². The Morgan fingerprint density at radius 1 is 0.487 bits per heavy atom. The highest BCUT2D eigenvalue weighted by atomic mass is 15.0. The molecule has 3 aromatic heterocycles. The molecule has 3 heterocycles. The van der Waals surface area contributed by atoms with Gasteiger partial charge >= 0.3 is 0 Å². The summed E-state index contributed by atoms with van der Waals surface area (Å²) < 4.78 is 2.28. The van der Waals surface area contributed by atoms with Crippen LogP contribution in [0.2, 0.25) is 0 Å². The van der Waals surface area contributed by atoms with Crippen molar-refractivity contribution in [1.82, 2.24) is 14.5 Å². The van der Waals surface area contributed by atoms with E-state index in [2.05, 4.69) is 131 Å². The summed E-state index contributed by atoms with van der Waals surface area (Å²) in [7, 11) is 0. The maximum Gasteiger partial charge on any atom is 0.0572 e. The van der Waals surface area contributed by atoms with Crippen LogP contribution in [0.3, 0.4) is 0 Å². The van der Waals surface area contributed by atoms with Crippen molar-refractivity contribution in [3.05, 3.63) is 151 Å². The minimum absolute atomic E-state index is 0.922. The van der Waals surface area contributed by atoms with Crippen molar-refractivity contribution in [2.75, 3.05) is 0 Å². The molecule has 4 aromatic carbocycles. The third kappa shape index (κ3) is 4.38. The first-order valence-corrected chi connectivity index (χ1v) is 13.3. The van der Waals surface area contributed by atoms with Crippen molar-refractivity contribution in [1.29, 1.82) is 0 Å². The standard InChI is InChI=1S/C36H27N3/c1-25-2-8-28(9-3-25)29-10-4-26(5-11-29)22-27-6-12-30(13-7-27)31-14-16-32(17-15-31)39-35-18-20-37-23-33(35)34-24-38-21-19-36(34)39/h2-21,23-24H,22H2,1H3. The average molecular weight is 502 g/mol. The van der Waals surface area contributed by atoms with E-state index in [0.29, 0.717) is 0 Å². The number of aryl methyl sites for hydroxylation is 1. The molecule has 0 saturated heterocycles. The molecule has 3 nitrogen and oxygen atoms in total. The Balaban J connectivity index is 1.11. The minimum Gasteiger partial charge on any atom is -0.309 e. The van der Waals surface area contributed by atoms with Crippen LogP contribution in [0.5, 0.6) is 0 Å². The zero-order valence-corrected chi connectivity index (χ0v) is 21.8. The maximum atomic E-state index is 4.33. The summed E-state index contributed by atoms with van der Waals surface area (Å²) in [6, 6.07) is 39.5. The second-order valence-electron chi connectivity index (χ2n) is 10.1. The second-order valence-corrected chi connectivity index (χ2v) is 10.1. The van der Waals surface area contributed by atoms with E-state index in [1.807, 2.05) is 24.8 Å². The van der Waals surface area contributed by atoms with Gasteiger partial charge in [0.05, 0.1) is 11.0 Å². The van der Waals surface area contributed by atoms with Crippen molar-refractivity contribution >= 4 is 21.8 Å². The molecule has 0 fully saturated rings. The molecule has 0 unspecified atom stereocenters. The van der Waals surface area contributed by atoms with Crippen molar-refractivity contribution in [2.45, 2.75) is 13.3 Å². The molecule has 0 saturated carbocycles. The Bertz CT molecular complexity index is 1840. The van der Waals surface area contributed by atoms with E-state index < -0.39 is 0 Å². The van der Waals surface area contributed by atoms with Gasteiger partial charge in [0.1, 0.15) is 0 Å². The monoisotopic (exact) mass is 501 g/mol. The van der Waals surface area contributed by atoms with Gasteiger partial charge in [0, 0.05) is 41.2 Å². The van der Waals surface area contributed by atoms with E-state index in [1.54, 1.807) is 0 Å². The molecule has 0 bridgehead atoms. The predicted octanol–water partition coefficient (Wildman–Crippen LogP) is 8.81. The molecule has 0 radical (unpaired) electrons. The Morgan fingerprint density at radius 3 is 1.36 bits per heavy atom. The molecule has 7 aromatic rings. The lowest BCUT2D eigenvalue weighted by Gasteiger charge is -2.10. The predicted molar refractivity (Wildman–Crippen MR) is 161 cm³/mol. The summed E-state index contributed by atoms with van der Waals surface area (Å²) in [5, 5.41) is 2.23. The SMILES string of the molecule is Cc1ccc(-c2ccc(Cc3ccc(-c4ccc(-n5c6ccncc6c6cnccc65)cc4)cc3)cc2)cc1. The normalized spacial score (nSPS) is 11.3. The number of fused-ring (bicyclic) bond motifs is 3. The van der Waals surface area contributed by atoms with Crippen LogP contribution in [0.4, 0.5) is 0 Å². The summed E-state index contributed by atoms with van der Waals surface area (Å²) in [5.41, 5.74) is 12.3. The molecule has 0 spiro atoms. The Hall–Kier alpha value is -5.02. The molecule has 39 heavy (non-hydrogen) atoms. The van der Waals surface area contributed by atoms with Crippen LogP contribution in [0.15, 0.2) is 134 Å². The zero-order valence-electron chi connectivity index (χ0n) is 21.8. The highest BCUT2D eigenvalue weighted by Gasteiger charge is 2.12. The molecule has 0 aliphatic heterocycles. The first-order valence-electron chi connectivity index (χ1n) is 13.3. The van der Waals surface area contributed by atoms with Crippen LogP contribution in [0, 0.1) is 6.92 Å². The van der Waals surface area contributed by atoms with E-state index in [9.17, 15) is 0 Å². The van der Waals surface area contributed by atoms with Crippen molar-refractivity contribution in [3.8, 4) is 27.9 Å². The minimum atomic E-state index is 0.922. The largest absolute Gasteiger partial charge is 0.309 e. The highest BCUT2D eigenvalue weighted by molar-refractivity contribution is 6.08. The molecule has 0 N–H and O–H groups in total. The Kier molecular flexibility index (Phi) is 5.75. The highest BCUT2D eigenvalue weighted by Crippen LogP contribution is 2.32. The lowest BCUT2D eigenvalue weighted by atomic mass is 9.98. The first-order chi connectivity index (χ1) is 19.2. The summed E-state index contributed by atoms with van der Waals surface area (Å²) in [6.45, 7) is 2.12. The number of hydrogen-bond acceptors (Lipinski definition) is 2. The number of pyridine rings is 2. The first kappa shape index (κ1) is 23.1. The van der Waals surface area contributed by atoms with Gasteiger partial charge in [-0.2, -0.15) is 0 Å². The number of aromatic nitrogens is 3. The van der Waals surface area contributed by atoms with Crippen molar-refractivity contribution in [3.63, 3.8) is 0 Å². The van der Waals surface area contributed by atoms with E-state index in [1.165, 1.54) is 38.9 Å². The van der Waals surface area contributed by atoms with E-state index in [-0.39, 0.29) is 0 Å². The summed E-state index contributed by atoms with van der Waals surface area (Å²) in [4.78, 5) is 8.67. The van der Waals surface area contributed by atoms with Gasteiger partial charge in [0.2, 0.25) is 0 Å². The van der Waals surface area contributed by atoms with Gasteiger partial charge in [-0.3, -0.25) is 9.97 Å². The molecule has 3 heteroatoms. The number of rotatable bonds is 5. The summed E-state index contributed by atoms with van der Waals surface area (Å²) in [5.74, 6) is 0. The molecule has 0 aliphatic carbocycles. The molecule has 0 aliphatic rings. The smallest absolute Gasteiger partial charge is 0.0572 e. The lowest BCUT2D eigenvalue weighted by Crippen LogP contribution is -1.94. The van der Waals surface area contributed by atoms with Gasteiger partial charge < -0.3 is 4.57 Å². The van der Waals surface area contributed by atoms with Crippen molar-refractivity contribution < 1.29 is 0 Å². The molecular formula is C36H27N3. The van der Waals surface area contributed by atoms with E-state index in [4.69, 9.17) is 0 Å². The quantitative estimate of drug-likeness (QED) is 0.236. The van der Waals surface area contributed by atoms with Crippen molar-refractivity contribution in [2.24, 2.45) is 0 Å². The van der Waals surface area contributed by atoms with Crippen LogP contribution >= 0.6 is 0 Å². The third-order valence-electron chi connectivity index (χ3n) is 7.53. The fourth-order valence-electron chi connectivity index (χ4n) is 5.40. The fraction of sp³-hybridized carbons (Fsp3) is 0.0556. The third-order valence-corrected chi connectivity index (χ3v) is 7.53. The molecule has 0 amide bonds. The lowest BCUT2D eigenvalue weighted by molar-refractivity contribution is 1.17. The number of benzene rings is 4. The zero-order chi connectivity index (χ0) is 26.2. The van der Waals surface area contributed by atoms with Gasteiger partial charge in [-0.1, -0.05) is 90.5 Å². The van der Waals surface area contributed by atoms with Crippen LogP contribution in [0.25, 0.3) is 49.7 Å². The molecular weight excluding hydrogens is 474 g/mol. The van der Waals surface area contributed by atoms with Gasteiger partial charge in [-0.05, 0) is 71.0 Å². The molecule has 186 valence electrons. The van der Waals surface area contributed by atoms with Gasteiger partial charge in [0.15, 0.2) is 0 Å². The van der Waals surface area contributed by atoms with E-state index in [0.717, 1.165) is 33.9 Å². The fourth-order valence-corrected chi connectivity index (χ4v) is 5.40. The molecule has 0 atom stereocenters. The topological polar surface area (TPSA) is 30.7 Å². The number of nitrogens with zero attached hydrogens (tertiary/aromatic N) is 3. The van der Waals surface area contributed by atoms with Gasteiger partial charge in [-0.25, -0.2) is 0 Å². The van der Waals surface area contributed by atoms with Crippen LogP contribution in [-0.2, 0) is 6.42 Å². The van der Waals surface area contributed by atoms with Gasteiger partial charge in [0.25, 0.3) is 0 Å². The summed E-state index contributed by atoms with van der Waals surface area (Å²) in [6.07, 6.45) is 8.46. The average Bonchev–Trinajstić information content (AvgIpc) is 3.33. The molecule has 7 rings (SSSR count). The van der Waals surface area contributed by atoms with Crippen LogP contribution in [0.1, 0.15) is 16.7 Å². The van der Waals surface area contributed by atoms with Crippen LogP contribution in [-0.4, -0.2) is 14.5 Å².